The van der Waals surface area contributed by atoms with Gasteiger partial charge in [-0.1, -0.05) is 6.07 Å². The summed E-state index contributed by atoms with van der Waals surface area (Å²) in [5.74, 6) is 0.975. The molecule has 2 aromatic heterocycles. The van der Waals surface area contributed by atoms with Gasteiger partial charge in [-0.2, -0.15) is 0 Å². The maximum Gasteiger partial charge on any atom is 0.211 e. The number of pyridine rings is 1. The van der Waals surface area contributed by atoms with Gasteiger partial charge in [-0.15, -0.1) is 0 Å². The fourth-order valence-corrected chi connectivity index (χ4v) is 2.51. The lowest BCUT2D eigenvalue weighted by atomic mass is 10.1. The molecule has 26 heavy (non-hydrogen) atoms. The van der Waals surface area contributed by atoms with E-state index in [0.29, 0.717) is 34.2 Å². The van der Waals surface area contributed by atoms with Gasteiger partial charge in [0.2, 0.25) is 11.5 Å². The third kappa shape index (κ3) is 3.32. The third-order valence-electron chi connectivity index (χ3n) is 3.76. The Morgan fingerprint density at radius 1 is 0.923 bits per heavy atom. The molecule has 0 spiro atoms. The van der Waals surface area contributed by atoms with Gasteiger partial charge in [-0.25, -0.2) is 15.0 Å². The minimum Gasteiger partial charge on any atom is -0.493 e. The number of ether oxygens (including phenoxy) is 3. The van der Waals surface area contributed by atoms with Crippen LogP contribution in [0.2, 0.25) is 0 Å². The lowest BCUT2D eigenvalue weighted by Crippen LogP contribution is -2.06. The van der Waals surface area contributed by atoms with Crippen molar-refractivity contribution >= 4 is 5.78 Å². The summed E-state index contributed by atoms with van der Waals surface area (Å²) in [4.78, 5) is 25.3. The Labute approximate surface area is 150 Å². The van der Waals surface area contributed by atoms with Gasteiger partial charge < -0.3 is 14.2 Å². The molecule has 0 aliphatic carbocycles. The quantitative estimate of drug-likeness (QED) is 0.631. The highest BCUT2D eigenvalue weighted by atomic mass is 16.5. The predicted octanol–water partition coefficient (Wildman–Crippen LogP) is 2.80. The first-order valence-corrected chi connectivity index (χ1v) is 7.75. The number of rotatable bonds is 6. The van der Waals surface area contributed by atoms with Gasteiger partial charge in [0.1, 0.15) is 12.0 Å². The van der Waals surface area contributed by atoms with Crippen LogP contribution in [-0.2, 0) is 0 Å². The average molecular weight is 351 g/mol. The second kappa shape index (κ2) is 7.60. The van der Waals surface area contributed by atoms with E-state index in [0.717, 1.165) is 5.56 Å². The summed E-state index contributed by atoms with van der Waals surface area (Å²) in [7, 11) is 4.51. The summed E-state index contributed by atoms with van der Waals surface area (Å²) in [5.41, 5.74) is 2.02. The summed E-state index contributed by atoms with van der Waals surface area (Å²) in [6, 6.07) is 8.41. The Hall–Kier alpha value is -3.48. The molecule has 3 rings (SSSR count). The number of benzene rings is 1. The van der Waals surface area contributed by atoms with E-state index in [1.165, 1.54) is 27.7 Å². The number of carbonyl (C=O) groups is 1. The molecule has 2 heterocycles. The van der Waals surface area contributed by atoms with Crippen LogP contribution in [0.25, 0.3) is 11.3 Å². The number of ketones is 1. The Morgan fingerprint density at radius 2 is 1.58 bits per heavy atom. The van der Waals surface area contributed by atoms with Crippen LogP contribution in [0.1, 0.15) is 16.1 Å². The zero-order valence-corrected chi connectivity index (χ0v) is 14.6. The number of aromatic nitrogens is 3. The fraction of sp³-hybridized carbons (Fsp3) is 0.158. The molecule has 1 aromatic carbocycles. The maximum atomic E-state index is 12.9. The SMILES string of the molecule is COc1cc(C(=O)c2cccc(-c3cncnc3)n2)cc(OC)c1OC. The summed E-state index contributed by atoms with van der Waals surface area (Å²) < 4.78 is 15.9. The number of carbonyl (C=O) groups excluding carboxylic acids is 1. The highest BCUT2D eigenvalue weighted by Gasteiger charge is 2.19. The lowest BCUT2D eigenvalue weighted by Gasteiger charge is -2.13. The Balaban J connectivity index is 2.02. The van der Waals surface area contributed by atoms with Gasteiger partial charge in [0.25, 0.3) is 0 Å². The average Bonchev–Trinajstić information content (AvgIpc) is 2.72. The van der Waals surface area contributed by atoms with Crippen molar-refractivity contribution in [1.82, 2.24) is 15.0 Å². The zero-order valence-electron chi connectivity index (χ0n) is 14.6. The summed E-state index contributed by atoms with van der Waals surface area (Å²) in [6.45, 7) is 0. The van der Waals surface area contributed by atoms with E-state index in [2.05, 4.69) is 15.0 Å². The number of hydrogen-bond donors (Lipinski definition) is 0. The van der Waals surface area contributed by atoms with E-state index in [1.807, 2.05) is 0 Å². The zero-order chi connectivity index (χ0) is 18.5. The monoisotopic (exact) mass is 351 g/mol. The fourth-order valence-electron chi connectivity index (χ4n) is 2.51. The van der Waals surface area contributed by atoms with Crippen LogP contribution in [0.3, 0.4) is 0 Å². The maximum absolute atomic E-state index is 12.9. The van der Waals surface area contributed by atoms with E-state index >= 15 is 0 Å². The van der Waals surface area contributed by atoms with Crippen molar-refractivity contribution in [3.8, 4) is 28.5 Å². The highest BCUT2D eigenvalue weighted by molar-refractivity contribution is 6.08. The molecule has 0 fully saturated rings. The number of hydrogen-bond acceptors (Lipinski definition) is 7. The molecule has 0 saturated carbocycles. The van der Waals surface area contributed by atoms with Crippen molar-refractivity contribution in [3.63, 3.8) is 0 Å². The van der Waals surface area contributed by atoms with Gasteiger partial charge in [-0.3, -0.25) is 4.79 Å². The van der Waals surface area contributed by atoms with Crippen molar-refractivity contribution in [3.05, 3.63) is 60.3 Å². The van der Waals surface area contributed by atoms with Crippen LogP contribution in [0.5, 0.6) is 17.2 Å². The minimum atomic E-state index is -0.261. The molecule has 0 atom stereocenters. The summed E-state index contributed by atoms with van der Waals surface area (Å²) in [5, 5.41) is 0. The third-order valence-corrected chi connectivity index (χ3v) is 3.76. The van der Waals surface area contributed by atoms with E-state index in [9.17, 15) is 4.79 Å². The van der Waals surface area contributed by atoms with Crippen LogP contribution in [0.15, 0.2) is 49.1 Å². The molecule has 0 bridgehead atoms. The van der Waals surface area contributed by atoms with Gasteiger partial charge >= 0.3 is 0 Å². The molecule has 0 aliphatic heterocycles. The number of nitrogens with zero attached hydrogens (tertiary/aromatic N) is 3. The molecular formula is C19H17N3O4. The standard InChI is InChI=1S/C19H17N3O4/c1-24-16-7-12(8-17(25-2)19(16)26-3)18(23)15-6-4-5-14(22-15)13-9-20-11-21-10-13/h4-11H,1-3H3. The van der Waals surface area contributed by atoms with Crippen LogP contribution >= 0.6 is 0 Å². The van der Waals surface area contributed by atoms with Gasteiger partial charge in [0.15, 0.2) is 11.5 Å². The van der Waals surface area contributed by atoms with Crippen molar-refractivity contribution in [1.29, 1.82) is 0 Å². The first-order chi connectivity index (χ1) is 12.7. The first kappa shape index (κ1) is 17.3. The molecule has 7 heteroatoms. The molecule has 0 saturated heterocycles. The molecule has 132 valence electrons. The smallest absolute Gasteiger partial charge is 0.211 e. The molecule has 3 aromatic rings. The lowest BCUT2D eigenvalue weighted by molar-refractivity contribution is 0.103. The molecule has 7 nitrogen and oxygen atoms in total. The van der Waals surface area contributed by atoms with Crippen LogP contribution < -0.4 is 14.2 Å². The highest BCUT2D eigenvalue weighted by Crippen LogP contribution is 2.38. The van der Waals surface area contributed by atoms with Crippen molar-refractivity contribution < 1.29 is 19.0 Å². The van der Waals surface area contributed by atoms with Gasteiger partial charge in [-0.05, 0) is 24.3 Å². The molecule has 0 aliphatic rings. The molecular weight excluding hydrogens is 334 g/mol. The first-order valence-electron chi connectivity index (χ1n) is 7.75. The van der Waals surface area contributed by atoms with E-state index in [1.54, 1.807) is 42.7 Å². The summed E-state index contributed by atoms with van der Waals surface area (Å²) >= 11 is 0. The molecule has 0 N–H and O–H groups in total. The van der Waals surface area contributed by atoms with E-state index < -0.39 is 0 Å². The van der Waals surface area contributed by atoms with Crippen molar-refractivity contribution in [2.24, 2.45) is 0 Å². The topological polar surface area (TPSA) is 83.4 Å². The van der Waals surface area contributed by atoms with Crippen LogP contribution in [-0.4, -0.2) is 42.1 Å². The van der Waals surface area contributed by atoms with Gasteiger partial charge in [0, 0.05) is 23.5 Å². The summed E-state index contributed by atoms with van der Waals surface area (Å²) in [6.07, 6.45) is 4.72. The molecule has 0 unspecified atom stereocenters. The minimum absolute atomic E-state index is 0.261. The number of methoxy groups -OCH3 is 3. The normalized spacial score (nSPS) is 10.3. The Morgan fingerprint density at radius 3 is 2.15 bits per heavy atom. The largest absolute Gasteiger partial charge is 0.493 e. The van der Waals surface area contributed by atoms with Crippen molar-refractivity contribution in [2.45, 2.75) is 0 Å². The van der Waals surface area contributed by atoms with Crippen LogP contribution in [0, 0.1) is 0 Å². The molecule has 0 radical (unpaired) electrons. The second-order valence-electron chi connectivity index (χ2n) is 5.28. The van der Waals surface area contributed by atoms with E-state index in [4.69, 9.17) is 14.2 Å². The second-order valence-corrected chi connectivity index (χ2v) is 5.28. The Kier molecular flexibility index (Phi) is 5.07. The van der Waals surface area contributed by atoms with E-state index in [-0.39, 0.29) is 5.78 Å². The predicted molar refractivity (Wildman–Crippen MR) is 94.8 cm³/mol. The van der Waals surface area contributed by atoms with Crippen molar-refractivity contribution in [2.75, 3.05) is 21.3 Å². The molecule has 0 amide bonds. The van der Waals surface area contributed by atoms with Gasteiger partial charge in [0.05, 0.1) is 27.0 Å². The van der Waals surface area contributed by atoms with Crippen LogP contribution in [0.4, 0.5) is 0 Å². The Bertz CT molecular complexity index is 904.